The minimum absolute atomic E-state index is 0.428. The van der Waals surface area contributed by atoms with E-state index in [1.54, 1.807) is 0 Å². The third-order valence-electron chi connectivity index (χ3n) is 0.391. The number of rotatable bonds is 2. The highest BCUT2D eigenvalue weighted by Gasteiger charge is 1.81. The summed E-state index contributed by atoms with van der Waals surface area (Å²) in [6, 6.07) is 0. The summed E-state index contributed by atoms with van der Waals surface area (Å²) < 4.78 is 4.23. The van der Waals surface area contributed by atoms with E-state index in [1.165, 1.54) is 6.92 Å². The van der Waals surface area contributed by atoms with Gasteiger partial charge in [0.15, 0.2) is 0 Å². The van der Waals surface area contributed by atoms with E-state index in [0.29, 0.717) is 6.29 Å². The lowest BCUT2D eigenvalue weighted by atomic mass is 10.7. The monoisotopic (exact) mass is 114 g/mol. The highest BCUT2D eigenvalue weighted by Crippen LogP contribution is 1.74. The molecule has 8 heavy (non-hydrogen) atoms. The Morgan fingerprint density at radius 2 is 2.25 bits per heavy atom. The van der Waals surface area contributed by atoms with Gasteiger partial charge in [0.25, 0.3) is 0 Å². The largest absolute Gasteiger partial charge is 0.435 e. The molecule has 0 aromatic rings. The Morgan fingerprint density at radius 1 is 1.62 bits per heavy atom. The van der Waals surface area contributed by atoms with Gasteiger partial charge in [0.2, 0.25) is 0 Å². The molecule has 0 unspecified atom stereocenters. The third kappa shape index (κ3) is 4.88. The van der Waals surface area contributed by atoms with E-state index in [2.05, 4.69) is 4.74 Å². The molecule has 0 aliphatic heterocycles. The summed E-state index contributed by atoms with van der Waals surface area (Å²) in [5, 5.41) is 0. The molecule has 0 aromatic heterocycles. The number of carbonyl (C=O) groups excluding carboxylic acids is 2. The minimum Gasteiger partial charge on any atom is -0.435 e. The van der Waals surface area contributed by atoms with E-state index in [0.717, 1.165) is 12.3 Å². The molecule has 44 valence electrons. The van der Waals surface area contributed by atoms with Gasteiger partial charge in [-0.2, -0.15) is 0 Å². The van der Waals surface area contributed by atoms with Crippen LogP contribution < -0.4 is 0 Å². The minimum atomic E-state index is -0.428. The summed E-state index contributed by atoms with van der Waals surface area (Å²) in [6.07, 6.45) is 2.67. The van der Waals surface area contributed by atoms with Crippen LogP contribution in [0.15, 0.2) is 12.3 Å². The SMILES string of the molecule is CC(=O)O/C=C/C=O. The molecule has 0 heterocycles. The second-order valence-electron chi connectivity index (χ2n) is 1.07. The van der Waals surface area contributed by atoms with Crippen LogP contribution in [0.1, 0.15) is 6.92 Å². The van der Waals surface area contributed by atoms with Crippen LogP contribution in [0.4, 0.5) is 0 Å². The molecule has 3 nitrogen and oxygen atoms in total. The Hall–Kier alpha value is -1.12. The van der Waals surface area contributed by atoms with Crippen LogP contribution in [0.25, 0.3) is 0 Å². The smallest absolute Gasteiger partial charge is 0.307 e. The number of aldehydes is 1. The number of carbonyl (C=O) groups is 2. The molecule has 0 bridgehead atoms. The van der Waals surface area contributed by atoms with Gasteiger partial charge in [-0.1, -0.05) is 0 Å². The normalized spacial score (nSPS) is 9.12. The number of hydrogen-bond acceptors (Lipinski definition) is 3. The Kier molecular flexibility index (Phi) is 3.48. The third-order valence-corrected chi connectivity index (χ3v) is 0.391. The van der Waals surface area contributed by atoms with Gasteiger partial charge in [-0.05, 0) is 0 Å². The average Bonchev–Trinajstić information content (AvgIpc) is 1.66. The second kappa shape index (κ2) is 4.05. The molecule has 0 fully saturated rings. The van der Waals surface area contributed by atoms with E-state index in [-0.39, 0.29) is 0 Å². The van der Waals surface area contributed by atoms with Crippen LogP contribution in [-0.2, 0) is 14.3 Å². The van der Waals surface area contributed by atoms with Gasteiger partial charge in [0.1, 0.15) is 6.29 Å². The van der Waals surface area contributed by atoms with Gasteiger partial charge in [-0.15, -0.1) is 0 Å². The van der Waals surface area contributed by atoms with Crippen molar-refractivity contribution in [2.75, 3.05) is 0 Å². The van der Waals surface area contributed by atoms with Crippen LogP contribution in [0, 0.1) is 0 Å². The summed E-state index contributed by atoms with van der Waals surface area (Å²) in [7, 11) is 0. The Bertz CT molecular complexity index is 115. The van der Waals surface area contributed by atoms with E-state index < -0.39 is 5.97 Å². The van der Waals surface area contributed by atoms with Crippen molar-refractivity contribution in [2.24, 2.45) is 0 Å². The van der Waals surface area contributed by atoms with Gasteiger partial charge < -0.3 is 4.74 Å². The molecule has 3 heteroatoms. The first-order chi connectivity index (χ1) is 3.77. The predicted octanol–water partition coefficient (Wildman–Crippen LogP) is 0.262. The number of hydrogen-bond donors (Lipinski definition) is 0. The van der Waals surface area contributed by atoms with E-state index in [4.69, 9.17) is 0 Å². The van der Waals surface area contributed by atoms with Gasteiger partial charge >= 0.3 is 5.97 Å². The summed E-state index contributed by atoms with van der Waals surface area (Å²) in [4.78, 5) is 19.4. The van der Waals surface area contributed by atoms with E-state index >= 15 is 0 Å². The molecule has 0 radical (unpaired) electrons. The van der Waals surface area contributed by atoms with Crippen LogP contribution in [-0.4, -0.2) is 12.3 Å². The number of ether oxygens (including phenoxy) is 1. The molecular weight excluding hydrogens is 108 g/mol. The van der Waals surface area contributed by atoms with Crippen molar-refractivity contribution in [1.82, 2.24) is 0 Å². The number of allylic oxidation sites excluding steroid dienone is 1. The van der Waals surface area contributed by atoms with E-state index in [9.17, 15) is 9.59 Å². The summed E-state index contributed by atoms with van der Waals surface area (Å²) in [5.74, 6) is -0.428. The maximum absolute atomic E-state index is 9.93. The van der Waals surface area contributed by atoms with E-state index in [1.807, 2.05) is 0 Å². The van der Waals surface area contributed by atoms with Crippen molar-refractivity contribution in [3.8, 4) is 0 Å². The van der Waals surface area contributed by atoms with Crippen molar-refractivity contribution in [2.45, 2.75) is 6.92 Å². The van der Waals surface area contributed by atoms with Gasteiger partial charge in [0.05, 0.1) is 6.26 Å². The first-order valence-electron chi connectivity index (χ1n) is 2.05. The highest BCUT2D eigenvalue weighted by molar-refractivity contribution is 5.68. The quantitative estimate of drug-likeness (QED) is 0.224. The van der Waals surface area contributed by atoms with Crippen molar-refractivity contribution < 1.29 is 14.3 Å². The lowest BCUT2D eigenvalue weighted by molar-refractivity contribution is -0.135. The fourth-order valence-corrected chi connectivity index (χ4v) is 0.167. The zero-order valence-electron chi connectivity index (χ0n) is 4.46. The van der Waals surface area contributed by atoms with Crippen LogP contribution >= 0.6 is 0 Å². The Labute approximate surface area is 46.9 Å². The predicted molar refractivity (Wildman–Crippen MR) is 27.0 cm³/mol. The summed E-state index contributed by atoms with van der Waals surface area (Å²) in [5.41, 5.74) is 0. The summed E-state index contributed by atoms with van der Waals surface area (Å²) in [6.45, 7) is 1.26. The van der Waals surface area contributed by atoms with Crippen molar-refractivity contribution in [1.29, 1.82) is 0 Å². The maximum atomic E-state index is 9.93. The first kappa shape index (κ1) is 6.88. The maximum Gasteiger partial charge on any atom is 0.307 e. The molecule has 0 saturated heterocycles. The van der Waals surface area contributed by atoms with Crippen LogP contribution in [0.3, 0.4) is 0 Å². The van der Waals surface area contributed by atoms with Crippen molar-refractivity contribution >= 4 is 12.3 Å². The van der Waals surface area contributed by atoms with Crippen molar-refractivity contribution in [3.63, 3.8) is 0 Å². The number of esters is 1. The molecule has 0 amide bonds. The van der Waals surface area contributed by atoms with Gasteiger partial charge in [0, 0.05) is 13.0 Å². The lowest BCUT2D eigenvalue weighted by Gasteiger charge is -1.84. The summed E-state index contributed by atoms with van der Waals surface area (Å²) >= 11 is 0. The van der Waals surface area contributed by atoms with Crippen LogP contribution in [0.5, 0.6) is 0 Å². The topological polar surface area (TPSA) is 43.4 Å². The molecule has 0 aliphatic rings. The molecule has 0 rings (SSSR count). The Morgan fingerprint density at radius 3 is 2.62 bits per heavy atom. The van der Waals surface area contributed by atoms with Gasteiger partial charge in [-0.25, -0.2) is 0 Å². The van der Waals surface area contributed by atoms with Gasteiger partial charge in [-0.3, -0.25) is 9.59 Å². The molecule has 0 aromatic carbocycles. The molecule has 0 N–H and O–H groups in total. The highest BCUT2D eigenvalue weighted by atomic mass is 16.5. The zero-order chi connectivity index (χ0) is 6.41. The Balaban J connectivity index is 3.29. The standard InChI is InChI=1S/C5H6O3/c1-5(7)8-4-2-3-6/h2-4H,1H3/b4-2+. The van der Waals surface area contributed by atoms with Crippen LogP contribution in [0.2, 0.25) is 0 Å². The second-order valence-corrected chi connectivity index (χ2v) is 1.07. The molecule has 0 aliphatic carbocycles. The molecular formula is C5H6O3. The van der Waals surface area contributed by atoms with Crippen molar-refractivity contribution in [3.05, 3.63) is 12.3 Å². The average molecular weight is 114 g/mol. The fourth-order valence-electron chi connectivity index (χ4n) is 0.167. The first-order valence-corrected chi connectivity index (χ1v) is 2.05. The fraction of sp³-hybridized carbons (Fsp3) is 0.200. The zero-order valence-corrected chi connectivity index (χ0v) is 4.46. The lowest BCUT2D eigenvalue weighted by Crippen LogP contribution is -1.88. The molecule has 0 spiro atoms. The molecule has 0 saturated carbocycles. The molecule has 0 atom stereocenters.